The van der Waals surface area contributed by atoms with Crippen LogP contribution in [0.25, 0.3) is 0 Å². The quantitative estimate of drug-likeness (QED) is 0.747. The van der Waals surface area contributed by atoms with E-state index in [1.807, 2.05) is 13.0 Å². The Morgan fingerprint density at radius 2 is 2.05 bits per heavy atom. The first-order valence-electron chi connectivity index (χ1n) is 8.08. The first kappa shape index (κ1) is 16.1. The van der Waals surface area contributed by atoms with Gasteiger partial charge in [-0.2, -0.15) is 0 Å². The molecule has 21 heavy (non-hydrogen) atoms. The fourth-order valence-electron chi connectivity index (χ4n) is 2.89. The number of nitrogens with two attached hydrogens (primary N) is 1. The van der Waals surface area contributed by atoms with Gasteiger partial charge in [0.2, 0.25) is 0 Å². The Kier molecular flexibility index (Phi) is 5.91. The first-order valence-corrected chi connectivity index (χ1v) is 8.89. The molecule has 2 rings (SSSR count). The van der Waals surface area contributed by atoms with Crippen molar-refractivity contribution in [1.82, 2.24) is 5.32 Å². The van der Waals surface area contributed by atoms with Gasteiger partial charge in [-0.25, -0.2) is 0 Å². The van der Waals surface area contributed by atoms with Gasteiger partial charge in [-0.15, -0.1) is 11.3 Å². The topological polar surface area (TPSA) is 67.2 Å². The van der Waals surface area contributed by atoms with Crippen LogP contribution in [0.1, 0.15) is 62.0 Å². The molecule has 0 radical (unpaired) electrons. The molecule has 0 aromatic carbocycles. The predicted octanol–water partition coefficient (Wildman–Crippen LogP) is 3.85. The number of carbonyl (C=O) groups excluding carboxylic acids is 1. The van der Waals surface area contributed by atoms with Gasteiger partial charge in [-0.05, 0) is 44.1 Å². The number of hydrogen-bond acceptors (Lipinski definition) is 4. The van der Waals surface area contributed by atoms with Crippen molar-refractivity contribution in [1.29, 1.82) is 0 Å². The second-order valence-electron chi connectivity index (χ2n) is 5.92. The second-order valence-corrected chi connectivity index (χ2v) is 6.97. The Bertz CT molecular complexity index is 464. The highest BCUT2D eigenvalue weighted by molar-refractivity contribution is 7.18. The molecule has 1 amide bonds. The lowest BCUT2D eigenvalue weighted by Crippen LogP contribution is -2.25. The molecule has 1 aromatic heterocycles. The number of carbonyl (C=O) groups is 1. The number of amides is 1. The molecular formula is C16H27N3OS. The third-order valence-corrected chi connectivity index (χ3v) is 5.35. The van der Waals surface area contributed by atoms with E-state index in [1.165, 1.54) is 43.4 Å². The molecule has 1 heterocycles. The van der Waals surface area contributed by atoms with E-state index in [9.17, 15) is 4.79 Å². The Morgan fingerprint density at radius 3 is 2.67 bits per heavy atom. The van der Waals surface area contributed by atoms with Crippen LogP contribution in [-0.2, 0) is 0 Å². The smallest absolute Gasteiger partial charge is 0.263 e. The van der Waals surface area contributed by atoms with Gasteiger partial charge in [0.05, 0.1) is 10.7 Å². The van der Waals surface area contributed by atoms with E-state index in [0.717, 1.165) is 17.3 Å². The zero-order chi connectivity index (χ0) is 15.2. The Labute approximate surface area is 131 Å². The zero-order valence-corrected chi connectivity index (χ0v) is 13.9. The molecule has 4 N–H and O–H groups in total. The highest BCUT2D eigenvalue weighted by Crippen LogP contribution is 2.33. The molecule has 0 aliphatic heterocycles. The minimum atomic E-state index is -0.0536. The maximum Gasteiger partial charge on any atom is 0.263 e. The van der Waals surface area contributed by atoms with Crippen molar-refractivity contribution in [3.05, 3.63) is 10.9 Å². The minimum Gasteiger partial charge on any atom is -0.397 e. The predicted molar refractivity (Wildman–Crippen MR) is 91.0 cm³/mol. The van der Waals surface area contributed by atoms with Crippen molar-refractivity contribution < 1.29 is 4.79 Å². The number of nitrogen functional groups attached to an aromatic ring is 1. The van der Waals surface area contributed by atoms with Crippen molar-refractivity contribution >= 4 is 27.9 Å². The fraction of sp³-hybridized carbons (Fsp3) is 0.688. The number of hydrogen-bond donors (Lipinski definition) is 3. The van der Waals surface area contributed by atoms with Gasteiger partial charge in [-0.1, -0.05) is 20.3 Å². The lowest BCUT2D eigenvalue weighted by molar-refractivity contribution is 0.0958. The maximum absolute atomic E-state index is 12.0. The van der Waals surface area contributed by atoms with Crippen molar-refractivity contribution in [2.75, 3.05) is 17.6 Å². The third-order valence-electron chi connectivity index (χ3n) is 4.27. The van der Waals surface area contributed by atoms with Crippen molar-refractivity contribution in [2.45, 2.75) is 58.4 Å². The summed E-state index contributed by atoms with van der Waals surface area (Å²) in [4.78, 5) is 12.6. The largest absolute Gasteiger partial charge is 0.397 e. The van der Waals surface area contributed by atoms with Crippen LogP contribution < -0.4 is 16.4 Å². The maximum atomic E-state index is 12.0. The highest BCUT2D eigenvalue weighted by Gasteiger charge is 2.21. The minimum absolute atomic E-state index is 0.0536. The van der Waals surface area contributed by atoms with E-state index in [-0.39, 0.29) is 5.91 Å². The number of thiophene rings is 1. The Balaban J connectivity index is 1.91. The third kappa shape index (κ3) is 4.37. The molecule has 1 fully saturated rings. The van der Waals surface area contributed by atoms with Crippen LogP contribution in [0.5, 0.6) is 0 Å². The molecule has 0 atom stereocenters. The summed E-state index contributed by atoms with van der Waals surface area (Å²) in [5, 5.41) is 7.46. The molecule has 4 nitrogen and oxygen atoms in total. The van der Waals surface area contributed by atoms with Crippen LogP contribution in [0.3, 0.4) is 0 Å². The summed E-state index contributed by atoms with van der Waals surface area (Å²) in [5.41, 5.74) is 6.55. The summed E-state index contributed by atoms with van der Waals surface area (Å²) in [6, 6.07) is 2.43. The molecule has 0 unspecified atom stereocenters. The van der Waals surface area contributed by atoms with Crippen LogP contribution in [0.15, 0.2) is 6.07 Å². The monoisotopic (exact) mass is 309 g/mol. The molecule has 118 valence electrons. The van der Waals surface area contributed by atoms with Crippen LogP contribution in [-0.4, -0.2) is 18.5 Å². The molecule has 1 aliphatic carbocycles. The van der Waals surface area contributed by atoms with Gasteiger partial charge in [-0.3, -0.25) is 4.79 Å². The lowest BCUT2D eigenvalue weighted by Gasteiger charge is -2.28. The first-order chi connectivity index (χ1) is 10.1. The van der Waals surface area contributed by atoms with E-state index in [0.29, 0.717) is 23.2 Å². The van der Waals surface area contributed by atoms with Gasteiger partial charge in [0, 0.05) is 12.6 Å². The normalized spacial score (nSPS) is 22.0. The van der Waals surface area contributed by atoms with Gasteiger partial charge in [0.1, 0.15) is 4.88 Å². The van der Waals surface area contributed by atoms with Crippen LogP contribution >= 0.6 is 11.3 Å². The molecule has 1 aromatic rings. The van der Waals surface area contributed by atoms with Crippen molar-refractivity contribution in [3.8, 4) is 0 Å². The van der Waals surface area contributed by atoms with Crippen LogP contribution in [0.4, 0.5) is 10.7 Å². The summed E-state index contributed by atoms with van der Waals surface area (Å²) in [5.74, 6) is 0.842. The van der Waals surface area contributed by atoms with E-state index < -0.39 is 0 Å². The molecule has 0 spiro atoms. The molecule has 1 aliphatic rings. The van der Waals surface area contributed by atoms with E-state index in [4.69, 9.17) is 5.73 Å². The number of rotatable bonds is 6. The zero-order valence-electron chi connectivity index (χ0n) is 13.1. The van der Waals surface area contributed by atoms with E-state index in [2.05, 4.69) is 17.6 Å². The molecule has 5 heteroatoms. The average Bonchev–Trinajstić information content (AvgIpc) is 2.86. The highest BCUT2D eigenvalue weighted by atomic mass is 32.1. The van der Waals surface area contributed by atoms with Gasteiger partial charge in [0.25, 0.3) is 5.91 Å². The summed E-state index contributed by atoms with van der Waals surface area (Å²) >= 11 is 1.47. The molecule has 0 bridgehead atoms. The average molecular weight is 309 g/mol. The van der Waals surface area contributed by atoms with Crippen LogP contribution in [0.2, 0.25) is 0 Å². The summed E-state index contributed by atoms with van der Waals surface area (Å²) < 4.78 is 0. The van der Waals surface area contributed by atoms with E-state index >= 15 is 0 Å². The molecule has 0 saturated heterocycles. The van der Waals surface area contributed by atoms with Crippen molar-refractivity contribution in [3.63, 3.8) is 0 Å². The summed E-state index contributed by atoms with van der Waals surface area (Å²) in [6.45, 7) is 5.01. The van der Waals surface area contributed by atoms with E-state index in [1.54, 1.807) is 0 Å². The summed E-state index contributed by atoms with van der Waals surface area (Å²) in [7, 11) is 0. The van der Waals surface area contributed by atoms with Gasteiger partial charge in [0.15, 0.2) is 0 Å². The molecular weight excluding hydrogens is 282 g/mol. The Morgan fingerprint density at radius 1 is 1.33 bits per heavy atom. The fourth-order valence-corrected chi connectivity index (χ4v) is 3.86. The van der Waals surface area contributed by atoms with Gasteiger partial charge < -0.3 is 16.4 Å². The standard InChI is InChI=1S/C16H27N3OS/c1-3-9-18-16(20)15-13(17)10-14(21-15)19-12-7-5-11(4-2)6-8-12/h10-12,19H,3-9,17H2,1-2H3,(H,18,20). The molecule has 1 saturated carbocycles. The van der Waals surface area contributed by atoms with Crippen LogP contribution in [0, 0.1) is 5.92 Å². The summed E-state index contributed by atoms with van der Waals surface area (Å²) in [6.07, 6.45) is 7.27. The Hall–Kier alpha value is -1.23. The number of anilines is 2. The number of nitrogens with one attached hydrogen (secondary N) is 2. The lowest BCUT2D eigenvalue weighted by atomic mass is 9.84. The SMILES string of the molecule is CCCNC(=O)c1sc(NC2CCC(CC)CC2)cc1N. The second kappa shape index (κ2) is 7.69. The van der Waals surface area contributed by atoms with Crippen molar-refractivity contribution in [2.24, 2.45) is 5.92 Å². The van der Waals surface area contributed by atoms with Gasteiger partial charge >= 0.3 is 0 Å².